The maximum atomic E-state index is 12.0. The zero-order valence-corrected chi connectivity index (χ0v) is 9.31. The second kappa shape index (κ2) is 5.82. The second-order valence-electron chi connectivity index (χ2n) is 3.08. The lowest BCUT2D eigenvalue weighted by Gasteiger charge is -2.09. The summed E-state index contributed by atoms with van der Waals surface area (Å²) in [5.41, 5.74) is -0.676. The number of ether oxygens (including phenoxy) is 2. The summed E-state index contributed by atoms with van der Waals surface area (Å²) in [4.78, 5) is 11.5. The Bertz CT molecular complexity index is 497. The molecule has 0 heterocycles. The Morgan fingerprint density at radius 3 is 2.72 bits per heavy atom. The van der Waals surface area contributed by atoms with Gasteiger partial charge in [-0.15, -0.1) is 0 Å². The molecule has 0 aliphatic rings. The minimum Gasteiger partial charge on any atom is -0.507 e. The number of aromatic hydroxyl groups is 1. The van der Waals surface area contributed by atoms with E-state index in [1.165, 1.54) is 0 Å². The van der Waals surface area contributed by atoms with Crippen LogP contribution in [0.5, 0.6) is 11.5 Å². The number of alkyl halides is 2. The van der Waals surface area contributed by atoms with Gasteiger partial charge in [0.05, 0.1) is 12.2 Å². The van der Waals surface area contributed by atoms with E-state index in [-0.39, 0.29) is 17.7 Å². The summed E-state index contributed by atoms with van der Waals surface area (Å²) in [5.74, 6) is -1.97. The minimum absolute atomic E-state index is 0.0540. The van der Waals surface area contributed by atoms with Gasteiger partial charge in [-0.05, 0) is 13.0 Å². The van der Waals surface area contributed by atoms with Gasteiger partial charge in [-0.1, -0.05) is 0 Å². The first kappa shape index (κ1) is 13.7. The zero-order valence-electron chi connectivity index (χ0n) is 9.31. The van der Waals surface area contributed by atoms with Crippen LogP contribution in [-0.2, 0) is 4.74 Å². The predicted octanol–water partition coefficient (Wildman–Crippen LogP) is 2.04. The molecule has 0 aliphatic carbocycles. The van der Waals surface area contributed by atoms with Crippen LogP contribution in [0.2, 0.25) is 0 Å². The van der Waals surface area contributed by atoms with E-state index in [2.05, 4.69) is 9.47 Å². The minimum atomic E-state index is -3.09. The average Bonchev–Trinajstić information content (AvgIpc) is 2.27. The molecule has 0 unspecified atom stereocenters. The predicted molar refractivity (Wildman–Crippen MR) is 55.4 cm³/mol. The van der Waals surface area contributed by atoms with E-state index in [1.807, 2.05) is 0 Å². The number of hydrogen-bond acceptors (Lipinski definition) is 5. The number of carbonyl (C=O) groups excluding carboxylic acids is 1. The molecule has 1 aromatic rings. The molecule has 0 bridgehead atoms. The number of benzene rings is 1. The molecular formula is C11H9F2NO4. The van der Waals surface area contributed by atoms with Crippen LogP contribution in [0, 0.1) is 11.3 Å². The smallest absolute Gasteiger partial charge is 0.387 e. The molecule has 96 valence electrons. The van der Waals surface area contributed by atoms with E-state index in [4.69, 9.17) is 5.26 Å². The first-order chi connectivity index (χ1) is 8.49. The molecular weight excluding hydrogens is 248 g/mol. The highest BCUT2D eigenvalue weighted by atomic mass is 19.3. The largest absolute Gasteiger partial charge is 0.507 e. The topological polar surface area (TPSA) is 79.6 Å². The Labute approximate surface area is 101 Å². The monoisotopic (exact) mass is 257 g/mol. The van der Waals surface area contributed by atoms with Gasteiger partial charge in [0.25, 0.3) is 0 Å². The van der Waals surface area contributed by atoms with Crippen LogP contribution in [0.25, 0.3) is 0 Å². The van der Waals surface area contributed by atoms with E-state index >= 15 is 0 Å². The zero-order chi connectivity index (χ0) is 13.7. The molecule has 1 N–H and O–H groups in total. The summed E-state index contributed by atoms with van der Waals surface area (Å²) in [5, 5.41) is 18.3. The van der Waals surface area contributed by atoms with E-state index in [9.17, 15) is 18.7 Å². The maximum absolute atomic E-state index is 12.0. The van der Waals surface area contributed by atoms with Crippen molar-refractivity contribution in [1.29, 1.82) is 5.26 Å². The lowest BCUT2D eigenvalue weighted by atomic mass is 10.1. The molecule has 0 saturated heterocycles. The maximum Gasteiger partial charge on any atom is 0.387 e. The number of carbonyl (C=O) groups is 1. The van der Waals surface area contributed by atoms with Crippen LogP contribution in [0.1, 0.15) is 22.8 Å². The third kappa shape index (κ3) is 3.07. The van der Waals surface area contributed by atoms with Crippen molar-refractivity contribution >= 4 is 5.97 Å². The summed E-state index contributed by atoms with van der Waals surface area (Å²) in [6.07, 6.45) is 0. The molecule has 18 heavy (non-hydrogen) atoms. The van der Waals surface area contributed by atoms with E-state index in [0.717, 1.165) is 12.1 Å². The van der Waals surface area contributed by atoms with Crippen LogP contribution in [0.3, 0.4) is 0 Å². The molecule has 0 saturated carbocycles. The summed E-state index contributed by atoms with van der Waals surface area (Å²) in [7, 11) is 0. The summed E-state index contributed by atoms with van der Waals surface area (Å²) < 4.78 is 32.6. The number of esters is 1. The van der Waals surface area contributed by atoms with Crippen molar-refractivity contribution in [3.8, 4) is 17.6 Å². The molecule has 0 fully saturated rings. The lowest BCUT2D eigenvalue weighted by molar-refractivity contribution is -0.0499. The first-order valence-corrected chi connectivity index (χ1v) is 4.88. The average molecular weight is 257 g/mol. The van der Waals surface area contributed by atoms with Gasteiger partial charge >= 0.3 is 12.6 Å². The van der Waals surface area contributed by atoms with E-state index < -0.39 is 24.1 Å². The fourth-order valence-electron chi connectivity index (χ4n) is 1.28. The summed E-state index contributed by atoms with van der Waals surface area (Å²) in [6, 6.07) is 3.35. The van der Waals surface area contributed by atoms with Gasteiger partial charge in [0.1, 0.15) is 23.1 Å². The quantitative estimate of drug-likeness (QED) is 0.835. The number of phenols is 1. The SMILES string of the molecule is CCOC(=O)c1c(O)cc(OC(F)F)cc1C#N. The molecule has 0 amide bonds. The highest BCUT2D eigenvalue weighted by molar-refractivity contribution is 5.95. The Morgan fingerprint density at radius 1 is 1.56 bits per heavy atom. The van der Waals surface area contributed by atoms with Gasteiger partial charge in [-0.3, -0.25) is 0 Å². The van der Waals surface area contributed by atoms with Crippen molar-refractivity contribution in [2.45, 2.75) is 13.5 Å². The number of phenolic OH excluding ortho intramolecular Hbond substituents is 1. The van der Waals surface area contributed by atoms with Gasteiger partial charge in [0.15, 0.2) is 0 Å². The Balaban J connectivity index is 3.21. The van der Waals surface area contributed by atoms with Crippen molar-refractivity contribution in [3.63, 3.8) is 0 Å². The number of rotatable bonds is 4. The third-order valence-corrected chi connectivity index (χ3v) is 1.92. The van der Waals surface area contributed by atoms with Crippen LogP contribution in [0.4, 0.5) is 8.78 Å². The standard InChI is InChI=1S/C11H9F2NO4/c1-2-17-10(16)9-6(5-14)3-7(4-8(9)15)18-11(12)13/h3-4,11,15H,2H2,1H3. The Kier molecular flexibility index (Phi) is 4.43. The molecule has 0 aliphatic heterocycles. The molecule has 0 spiro atoms. The highest BCUT2D eigenvalue weighted by Crippen LogP contribution is 2.29. The molecule has 7 heteroatoms. The van der Waals surface area contributed by atoms with Crippen LogP contribution in [0.15, 0.2) is 12.1 Å². The van der Waals surface area contributed by atoms with Crippen molar-refractivity contribution in [3.05, 3.63) is 23.3 Å². The molecule has 5 nitrogen and oxygen atoms in total. The van der Waals surface area contributed by atoms with Crippen LogP contribution in [-0.4, -0.2) is 24.3 Å². The van der Waals surface area contributed by atoms with E-state index in [0.29, 0.717) is 0 Å². The third-order valence-electron chi connectivity index (χ3n) is 1.92. The Hall–Kier alpha value is -2.36. The van der Waals surface area contributed by atoms with Crippen molar-refractivity contribution in [2.24, 2.45) is 0 Å². The number of nitrogens with zero attached hydrogens (tertiary/aromatic N) is 1. The summed E-state index contributed by atoms with van der Waals surface area (Å²) in [6.45, 7) is -1.49. The first-order valence-electron chi connectivity index (χ1n) is 4.88. The molecule has 0 aromatic heterocycles. The molecule has 0 radical (unpaired) electrons. The van der Waals surface area contributed by atoms with Crippen molar-refractivity contribution in [1.82, 2.24) is 0 Å². The molecule has 0 atom stereocenters. The van der Waals surface area contributed by atoms with Crippen molar-refractivity contribution in [2.75, 3.05) is 6.61 Å². The van der Waals surface area contributed by atoms with Gasteiger partial charge in [0.2, 0.25) is 0 Å². The van der Waals surface area contributed by atoms with E-state index in [1.54, 1.807) is 13.0 Å². The van der Waals surface area contributed by atoms with Crippen molar-refractivity contribution < 1.29 is 28.2 Å². The molecule has 1 rings (SSSR count). The van der Waals surface area contributed by atoms with Gasteiger partial charge in [0, 0.05) is 6.07 Å². The Morgan fingerprint density at radius 2 is 2.22 bits per heavy atom. The van der Waals surface area contributed by atoms with Crippen LogP contribution >= 0.6 is 0 Å². The number of nitriles is 1. The molecule has 1 aromatic carbocycles. The van der Waals surface area contributed by atoms with Crippen LogP contribution < -0.4 is 4.74 Å². The fraction of sp³-hybridized carbons (Fsp3) is 0.273. The van der Waals surface area contributed by atoms with Gasteiger partial charge in [-0.2, -0.15) is 14.0 Å². The second-order valence-corrected chi connectivity index (χ2v) is 3.08. The normalized spacial score (nSPS) is 9.94. The highest BCUT2D eigenvalue weighted by Gasteiger charge is 2.20. The number of hydrogen-bond donors (Lipinski definition) is 1. The summed E-state index contributed by atoms with van der Waals surface area (Å²) >= 11 is 0. The van der Waals surface area contributed by atoms with Gasteiger partial charge in [-0.25, -0.2) is 4.79 Å². The number of halogens is 2. The van der Waals surface area contributed by atoms with Gasteiger partial charge < -0.3 is 14.6 Å². The fourth-order valence-corrected chi connectivity index (χ4v) is 1.28. The lowest BCUT2D eigenvalue weighted by Crippen LogP contribution is -2.09.